The minimum atomic E-state index is 0.0191. The van der Waals surface area contributed by atoms with Crippen LogP contribution in [0.15, 0.2) is 12.2 Å². The number of ketones is 1. The summed E-state index contributed by atoms with van der Waals surface area (Å²) in [5, 5.41) is 0. The van der Waals surface area contributed by atoms with E-state index in [1.165, 1.54) is 32.1 Å². The second-order valence-electron chi connectivity index (χ2n) is 4.99. The molecule has 0 aromatic carbocycles. The molecule has 0 radical (unpaired) electrons. The molecule has 1 nitrogen and oxygen atoms in total. The van der Waals surface area contributed by atoms with Crippen molar-refractivity contribution in [3.05, 3.63) is 12.2 Å². The number of hydrogen-bond acceptors (Lipinski definition) is 1. The first-order valence-corrected chi connectivity index (χ1v) is 5.50. The molecule has 2 saturated carbocycles. The molecule has 0 bridgehead atoms. The zero-order chi connectivity index (χ0) is 8.94. The highest BCUT2D eigenvalue weighted by molar-refractivity contribution is 5.91. The molecule has 2 atom stereocenters. The van der Waals surface area contributed by atoms with Crippen LogP contribution in [0.3, 0.4) is 0 Å². The molecule has 2 unspecified atom stereocenters. The highest BCUT2D eigenvalue weighted by atomic mass is 16.1. The SMILES string of the molecule is O=C1CCC23CC=CC12CCCC3. The smallest absolute Gasteiger partial charge is 0.143 e. The van der Waals surface area contributed by atoms with Gasteiger partial charge in [-0.3, -0.25) is 4.79 Å². The fraction of sp³-hybridized carbons (Fsp3) is 0.750. The van der Waals surface area contributed by atoms with Crippen molar-refractivity contribution < 1.29 is 4.79 Å². The van der Waals surface area contributed by atoms with Gasteiger partial charge in [0.2, 0.25) is 0 Å². The quantitative estimate of drug-likeness (QED) is 0.519. The van der Waals surface area contributed by atoms with Gasteiger partial charge in [0.1, 0.15) is 5.78 Å². The minimum Gasteiger partial charge on any atom is -0.299 e. The molecule has 0 aromatic rings. The molecule has 3 aliphatic rings. The van der Waals surface area contributed by atoms with Gasteiger partial charge >= 0.3 is 0 Å². The lowest BCUT2D eigenvalue weighted by Gasteiger charge is -2.43. The molecule has 1 heteroatoms. The molecule has 0 amide bonds. The molecule has 13 heavy (non-hydrogen) atoms. The van der Waals surface area contributed by atoms with Crippen LogP contribution >= 0.6 is 0 Å². The Morgan fingerprint density at radius 2 is 2.00 bits per heavy atom. The summed E-state index contributed by atoms with van der Waals surface area (Å²) >= 11 is 0. The molecule has 2 fully saturated rings. The maximum absolute atomic E-state index is 12.0. The van der Waals surface area contributed by atoms with Gasteiger partial charge in [-0.25, -0.2) is 0 Å². The second kappa shape index (κ2) is 2.26. The lowest BCUT2D eigenvalue weighted by atomic mass is 9.59. The maximum atomic E-state index is 12.0. The van der Waals surface area contributed by atoms with Crippen molar-refractivity contribution in [3.63, 3.8) is 0 Å². The van der Waals surface area contributed by atoms with E-state index in [9.17, 15) is 4.79 Å². The minimum absolute atomic E-state index is 0.0191. The van der Waals surface area contributed by atoms with Crippen molar-refractivity contribution in [1.29, 1.82) is 0 Å². The Bertz CT molecular complexity index is 291. The third-order valence-electron chi connectivity index (χ3n) is 4.66. The van der Waals surface area contributed by atoms with E-state index in [0.29, 0.717) is 11.2 Å². The topological polar surface area (TPSA) is 17.1 Å². The average Bonchev–Trinajstić information content (AvgIpc) is 2.65. The second-order valence-corrected chi connectivity index (χ2v) is 4.99. The van der Waals surface area contributed by atoms with Crippen LogP contribution in [-0.4, -0.2) is 5.78 Å². The van der Waals surface area contributed by atoms with Crippen LogP contribution in [0.5, 0.6) is 0 Å². The van der Waals surface area contributed by atoms with E-state index in [0.717, 1.165) is 12.8 Å². The van der Waals surface area contributed by atoms with Crippen molar-refractivity contribution in [1.82, 2.24) is 0 Å². The van der Waals surface area contributed by atoms with E-state index >= 15 is 0 Å². The van der Waals surface area contributed by atoms with Crippen molar-refractivity contribution in [2.24, 2.45) is 10.8 Å². The Morgan fingerprint density at radius 3 is 2.85 bits per heavy atom. The highest BCUT2D eigenvalue weighted by Gasteiger charge is 2.60. The summed E-state index contributed by atoms with van der Waals surface area (Å²) in [6.07, 6.45) is 12.8. The van der Waals surface area contributed by atoms with Gasteiger partial charge in [0.25, 0.3) is 0 Å². The Morgan fingerprint density at radius 1 is 1.15 bits per heavy atom. The first-order valence-electron chi connectivity index (χ1n) is 5.50. The standard InChI is InChI=1S/C12H16O/c13-10-4-9-11-5-1-2-7-12(10,11)8-3-6-11/h3,8H,1-2,4-7,9H2. The molecule has 0 aliphatic heterocycles. The third kappa shape index (κ3) is 0.722. The summed E-state index contributed by atoms with van der Waals surface area (Å²) in [4.78, 5) is 12.0. The monoisotopic (exact) mass is 176 g/mol. The van der Waals surface area contributed by atoms with Gasteiger partial charge in [0.15, 0.2) is 0 Å². The third-order valence-corrected chi connectivity index (χ3v) is 4.66. The van der Waals surface area contributed by atoms with Gasteiger partial charge in [-0.15, -0.1) is 0 Å². The summed E-state index contributed by atoms with van der Waals surface area (Å²) in [5.41, 5.74) is 0.410. The maximum Gasteiger partial charge on any atom is 0.143 e. The van der Waals surface area contributed by atoms with Crippen molar-refractivity contribution in [2.75, 3.05) is 0 Å². The van der Waals surface area contributed by atoms with E-state index in [1.54, 1.807) is 0 Å². The summed E-state index contributed by atoms with van der Waals surface area (Å²) in [7, 11) is 0. The predicted molar refractivity (Wildman–Crippen MR) is 51.3 cm³/mol. The van der Waals surface area contributed by atoms with Gasteiger partial charge in [-0.1, -0.05) is 25.0 Å². The van der Waals surface area contributed by atoms with Crippen LogP contribution in [0.4, 0.5) is 0 Å². The number of rotatable bonds is 0. The summed E-state index contributed by atoms with van der Waals surface area (Å²) in [6.45, 7) is 0. The summed E-state index contributed by atoms with van der Waals surface area (Å²) < 4.78 is 0. The zero-order valence-electron chi connectivity index (χ0n) is 8.01. The van der Waals surface area contributed by atoms with Crippen LogP contribution in [-0.2, 0) is 4.79 Å². The fourth-order valence-electron chi connectivity index (χ4n) is 3.94. The molecule has 0 heterocycles. The molecule has 0 aromatic heterocycles. The molecule has 0 spiro atoms. The first-order chi connectivity index (χ1) is 6.29. The summed E-state index contributed by atoms with van der Waals surface area (Å²) in [6, 6.07) is 0. The number of allylic oxidation sites excluding steroid dienone is 2. The number of Topliss-reactive ketones (excluding diaryl/α,β-unsaturated/α-hetero) is 1. The Hall–Kier alpha value is -0.590. The highest BCUT2D eigenvalue weighted by Crippen LogP contribution is 2.64. The number of carbonyl (C=O) groups excluding carboxylic acids is 1. The first kappa shape index (κ1) is 7.78. The van der Waals surface area contributed by atoms with Gasteiger partial charge in [0.05, 0.1) is 5.41 Å². The number of carbonyl (C=O) groups is 1. The van der Waals surface area contributed by atoms with E-state index in [2.05, 4.69) is 12.2 Å². The molecule has 3 rings (SSSR count). The van der Waals surface area contributed by atoms with Crippen LogP contribution in [0.25, 0.3) is 0 Å². The molecule has 70 valence electrons. The zero-order valence-corrected chi connectivity index (χ0v) is 8.01. The van der Waals surface area contributed by atoms with Gasteiger partial charge in [0, 0.05) is 6.42 Å². The Labute approximate surface area is 79.2 Å². The predicted octanol–water partition coefficient (Wildman–Crippen LogP) is 2.86. The largest absolute Gasteiger partial charge is 0.299 e. The van der Waals surface area contributed by atoms with E-state index in [4.69, 9.17) is 0 Å². The van der Waals surface area contributed by atoms with Crippen LogP contribution < -0.4 is 0 Å². The molecular formula is C12H16O. The number of hydrogen-bond donors (Lipinski definition) is 0. The Kier molecular flexibility index (Phi) is 1.35. The van der Waals surface area contributed by atoms with E-state index in [-0.39, 0.29) is 5.41 Å². The molecule has 3 aliphatic carbocycles. The van der Waals surface area contributed by atoms with Gasteiger partial charge < -0.3 is 0 Å². The van der Waals surface area contributed by atoms with Crippen molar-refractivity contribution in [3.8, 4) is 0 Å². The van der Waals surface area contributed by atoms with Crippen LogP contribution in [0.2, 0.25) is 0 Å². The van der Waals surface area contributed by atoms with Gasteiger partial charge in [-0.2, -0.15) is 0 Å². The van der Waals surface area contributed by atoms with E-state index < -0.39 is 0 Å². The molecule has 0 N–H and O–H groups in total. The molecule has 0 saturated heterocycles. The Balaban J connectivity index is 2.12. The fourth-order valence-corrected chi connectivity index (χ4v) is 3.94. The average molecular weight is 176 g/mol. The van der Waals surface area contributed by atoms with Gasteiger partial charge in [-0.05, 0) is 31.1 Å². The lowest BCUT2D eigenvalue weighted by molar-refractivity contribution is -0.128. The summed E-state index contributed by atoms with van der Waals surface area (Å²) in [5.74, 6) is 0.543. The normalized spacial score (nSPS) is 47.8. The van der Waals surface area contributed by atoms with Crippen LogP contribution in [0.1, 0.15) is 44.9 Å². The lowest BCUT2D eigenvalue weighted by Crippen LogP contribution is -2.39. The van der Waals surface area contributed by atoms with Crippen LogP contribution in [0, 0.1) is 10.8 Å². The molecular weight excluding hydrogens is 160 g/mol. The van der Waals surface area contributed by atoms with Crippen molar-refractivity contribution in [2.45, 2.75) is 44.9 Å². The van der Waals surface area contributed by atoms with E-state index in [1.807, 2.05) is 0 Å². The van der Waals surface area contributed by atoms with Crippen molar-refractivity contribution >= 4 is 5.78 Å².